The van der Waals surface area contributed by atoms with Crippen molar-refractivity contribution in [2.24, 2.45) is 0 Å². The number of halogens is 1. The lowest BCUT2D eigenvalue weighted by molar-refractivity contribution is 0.0830. The SMILES string of the molecule is CCNc1cc(C(=O)N[C@@H](Cc2ccccc2)[C@H](O)CNCc2cc(OC)cc(OC)c2)cc(N2CCCCS2(=O)=O)c1.Cl. The molecule has 0 unspecified atom stereocenters. The Hall–Kier alpha value is -3.51. The molecule has 240 valence electrons. The molecule has 0 saturated carbocycles. The number of aliphatic hydroxyl groups excluding tert-OH is 1. The molecule has 0 bridgehead atoms. The highest BCUT2D eigenvalue weighted by atomic mass is 35.5. The van der Waals surface area contributed by atoms with Gasteiger partial charge in [0.05, 0.1) is 37.8 Å². The van der Waals surface area contributed by atoms with Gasteiger partial charge in [0.25, 0.3) is 5.91 Å². The summed E-state index contributed by atoms with van der Waals surface area (Å²) in [7, 11) is -0.276. The van der Waals surface area contributed by atoms with E-state index in [2.05, 4.69) is 16.0 Å². The topological polar surface area (TPSA) is 129 Å². The van der Waals surface area contributed by atoms with E-state index in [-0.39, 0.29) is 24.7 Å². The minimum absolute atomic E-state index is 0. The summed E-state index contributed by atoms with van der Waals surface area (Å²) >= 11 is 0. The molecule has 1 saturated heterocycles. The van der Waals surface area contributed by atoms with Crippen molar-refractivity contribution in [2.45, 2.75) is 44.9 Å². The molecular weight excluding hydrogens is 604 g/mol. The number of sulfonamides is 1. The Bertz CT molecular complexity index is 1450. The molecule has 1 fully saturated rings. The van der Waals surface area contributed by atoms with Crippen LogP contribution in [-0.4, -0.2) is 71.2 Å². The minimum Gasteiger partial charge on any atom is -0.497 e. The number of aliphatic hydroxyl groups is 1. The van der Waals surface area contributed by atoms with E-state index in [1.54, 1.807) is 38.5 Å². The lowest BCUT2D eigenvalue weighted by Gasteiger charge is -2.29. The first-order chi connectivity index (χ1) is 20.7. The quantitative estimate of drug-likeness (QED) is 0.207. The van der Waals surface area contributed by atoms with E-state index in [4.69, 9.17) is 9.47 Å². The Balaban J connectivity index is 0.00000529. The van der Waals surface area contributed by atoms with Crippen LogP contribution in [0.4, 0.5) is 11.4 Å². The van der Waals surface area contributed by atoms with E-state index in [9.17, 15) is 18.3 Å². The monoisotopic (exact) mass is 646 g/mol. The molecule has 1 heterocycles. The molecule has 0 aromatic heterocycles. The number of methoxy groups -OCH3 is 2. The fourth-order valence-corrected chi connectivity index (χ4v) is 6.77. The van der Waals surface area contributed by atoms with Crippen molar-refractivity contribution in [3.63, 3.8) is 0 Å². The van der Waals surface area contributed by atoms with E-state index < -0.39 is 28.1 Å². The summed E-state index contributed by atoms with van der Waals surface area (Å²) in [4.78, 5) is 13.7. The first-order valence-corrected chi connectivity index (χ1v) is 16.2. The molecule has 3 aromatic rings. The van der Waals surface area contributed by atoms with Crippen molar-refractivity contribution in [2.75, 3.05) is 49.2 Å². The van der Waals surface area contributed by atoms with Gasteiger partial charge in [-0.15, -0.1) is 12.4 Å². The molecule has 4 rings (SSSR count). The summed E-state index contributed by atoms with van der Waals surface area (Å²) in [5.74, 6) is 1.03. The van der Waals surface area contributed by atoms with Crippen LogP contribution in [0.25, 0.3) is 0 Å². The lowest BCUT2D eigenvalue weighted by atomic mass is 10.00. The van der Waals surface area contributed by atoms with E-state index in [0.717, 1.165) is 17.5 Å². The summed E-state index contributed by atoms with van der Waals surface area (Å²) in [5, 5.41) is 20.8. The first-order valence-electron chi connectivity index (χ1n) is 14.6. The van der Waals surface area contributed by atoms with Crippen LogP contribution in [0.1, 0.15) is 41.3 Å². The largest absolute Gasteiger partial charge is 0.497 e. The smallest absolute Gasteiger partial charge is 0.251 e. The number of anilines is 2. The molecule has 0 spiro atoms. The van der Waals surface area contributed by atoms with Crippen LogP contribution in [-0.2, 0) is 23.0 Å². The molecule has 4 N–H and O–H groups in total. The van der Waals surface area contributed by atoms with Gasteiger partial charge in [0.1, 0.15) is 11.5 Å². The van der Waals surface area contributed by atoms with Crippen LogP contribution in [0.2, 0.25) is 0 Å². The minimum atomic E-state index is -3.46. The summed E-state index contributed by atoms with van der Waals surface area (Å²) in [5.41, 5.74) is 3.31. The molecule has 1 aliphatic rings. The van der Waals surface area contributed by atoms with Crippen molar-refractivity contribution in [1.82, 2.24) is 10.6 Å². The third kappa shape index (κ3) is 9.49. The standard InChI is InChI=1S/C32H42N4O6S.ClH/c1-4-34-26-17-25(18-27(19-26)36-12-8-9-13-43(36,39)40)32(38)35-30(16-23-10-6-5-7-11-23)31(37)22-33-21-24-14-28(41-2)20-29(15-24)42-3;/h5-7,10-11,14-15,17-20,30-31,33-34,37H,4,8-9,12-13,16,21-22H2,1-3H3,(H,35,38);1H/t30-,31+;/m0./s1. The summed E-state index contributed by atoms with van der Waals surface area (Å²) < 4.78 is 37.8. The van der Waals surface area contributed by atoms with Gasteiger partial charge in [-0.25, -0.2) is 8.42 Å². The predicted octanol–water partition coefficient (Wildman–Crippen LogP) is 3.98. The van der Waals surface area contributed by atoms with Crippen molar-refractivity contribution in [3.8, 4) is 11.5 Å². The zero-order valence-electron chi connectivity index (χ0n) is 25.4. The van der Waals surface area contributed by atoms with Crippen LogP contribution in [0.3, 0.4) is 0 Å². The summed E-state index contributed by atoms with van der Waals surface area (Å²) in [6.45, 7) is 3.59. The zero-order valence-corrected chi connectivity index (χ0v) is 27.0. The molecule has 0 aliphatic carbocycles. The maximum Gasteiger partial charge on any atom is 0.251 e. The maximum absolute atomic E-state index is 13.7. The second-order valence-electron chi connectivity index (χ2n) is 10.6. The van der Waals surface area contributed by atoms with Gasteiger partial charge in [-0.1, -0.05) is 30.3 Å². The lowest BCUT2D eigenvalue weighted by Crippen LogP contribution is -2.48. The number of nitrogens with one attached hydrogen (secondary N) is 3. The Morgan fingerprint density at radius 1 is 0.977 bits per heavy atom. The zero-order chi connectivity index (χ0) is 30.8. The van der Waals surface area contributed by atoms with E-state index in [1.165, 1.54) is 4.31 Å². The highest BCUT2D eigenvalue weighted by Crippen LogP contribution is 2.28. The second-order valence-corrected chi connectivity index (χ2v) is 12.6. The average molecular weight is 647 g/mol. The number of rotatable bonds is 14. The van der Waals surface area contributed by atoms with Gasteiger partial charge in [0, 0.05) is 43.5 Å². The van der Waals surface area contributed by atoms with Gasteiger partial charge in [0.2, 0.25) is 10.0 Å². The number of ether oxygens (including phenoxy) is 2. The van der Waals surface area contributed by atoms with Crippen LogP contribution in [0, 0.1) is 0 Å². The number of amides is 1. The average Bonchev–Trinajstić information content (AvgIpc) is 3.00. The molecule has 2 atom stereocenters. The van der Waals surface area contributed by atoms with Crippen LogP contribution in [0.5, 0.6) is 11.5 Å². The summed E-state index contributed by atoms with van der Waals surface area (Å²) in [6, 6.07) is 19.7. The van der Waals surface area contributed by atoms with Crippen LogP contribution >= 0.6 is 12.4 Å². The third-order valence-electron chi connectivity index (χ3n) is 7.37. The predicted molar refractivity (Wildman–Crippen MR) is 177 cm³/mol. The number of carbonyl (C=O) groups is 1. The van der Waals surface area contributed by atoms with Crippen molar-refractivity contribution >= 4 is 39.7 Å². The number of nitrogens with zero attached hydrogens (tertiary/aromatic N) is 1. The van der Waals surface area contributed by atoms with Crippen LogP contribution in [0.15, 0.2) is 66.7 Å². The number of hydrogen-bond acceptors (Lipinski definition) is 8. The summed E-state index contributed by atoms with van der Waals surface area (Å²) in [6.07, 6.45) is 0.864. The van der Waals surface area contributed by atoms with Gasteiger partial charge in [0.15, 0.2) is 0 Å². The Labute approximate surface area is 266 Å². The van der Waals surface area contributed by atoms with Crippen molar-refractivity contribution in [1.29, 1.82) is 0 Å². The van der Waals surface area contributed by atoms with Gasteiger partial charge in [-0.2, -0.15) is 0 Å². The van der Waals surface area contributed by atoms with E-state index >= 15 is 0 Å². The fraction of sp³-hybridized carbons (Fsp3) is 0.406. The molecule has 3 aromatic carbocycles. The Kier molecular flexibility index (Phi) is 13.1. The van der Waals surface area contributed by atoms with Gasteiger partial charge < -0.3 is 30.5 Å². The van der Waals surface area contributed by atoms with E-state index in [0.29, 0.717) is 60.9 Å². The normalized spacial score (nSPS) is 15.4. The van der Waals surface area contributed by atoms with E-state index in [1.807, 2.05) is 49.4 Å². The molecule has 1 amide bonds. The van der Waals surface area contributed by atoms with Gasteiger partial charge in [-0.05, 0) is 67.6 Å². The molecule has 12 heteroatoms. The molecular formula is C32H43ClN4O6S. The maximum atomic E-state index is 13.7. The number of benzene rings is 3. The second kappa shape index (κ2) is 16.5. The van der Waals surface area contributed by atoms with Crippen molar-refractivity contribution < 1.29 is 27.8 Å². The van der Waals surface area contributed by atoms with Gasteiger partial charge >= 0.3 is 0 Å². The highest BCUT2D eigenvalue weighted by molar-refractivity contribution is 7.92. The fourth-order valence-electron chi connectivity index (χ4n) is 5.15. The van der Waals surface area contributed by atoms with Crippen LogP contribution < -0.4 is 29.7 Å². The molecule has 10 nitrogen and oxygen atoms in total. The number of hydrogen-bond donors (Lipinski definition) is 4. The molecule has 0 radical (unpaired) electrons. The van der Waals surface area contributed by atoms with Crippen molar-refractivity contribution in [3.05, 3.63) is 83.4 Å². The first kappa shape index (κ1) is 35.0. The Morgan fingerprint density at radius 3 is 2.32 bits per heavy atom. The van der Waals surface area contributed by atoms with Gasteiger partial charge in [-0.3, -0.25) is 9.10 Å². The molecule has 1 aliphatic heterocycles. The molecule has 44 heavy (non-hydrogen) atoms. The highest BCUT2D eigenvalue weighted by Gasteiger charge is 2.28. The number of carbonyl (C=O) groups excluding carboxylic acids is 1. The third-order valence-corrected chi connectivity index (χ3v) is 9.24. The Morgan fingerprint density at radius 2 is 1.68 bits per heavy atom.